The van der Waals surface area contributed by atoms with Crippen molar-refractivity contribution in [3.05, 3.63) is 22.7 Å². The lowest BCUT2D eigenvalue weighted by Crippen LogP contribution is -2.27. The first-order valence-electron chi connectivity index (χ1n) is 5.48. The molecule has 0 saturated heterocycles. The standard InChI is InChI=1S/C12H16BrNO/c1-2-15-12-8-9(13)6-7-11(12)14-10-4-3-5-10/h6-8,10,14H,2-5H2,1H3. The molecule has 0 aliphatic heterocycles. The molecule has 1 aromatic rings. The summed E-state index contributed by atoms with van der Waals surface area (Å²) in [5, 5.41) is 3.51. The maximum atomic E-state index is 5.59. The number of ether oxygens (including phenoxy) is 1. The fourth-order valence-corrected chi connectivity index (χ4v) is 2.00. The van der Waals surface area contributed by atoms with Crippen molar-refractivity contribution in [2.24, 2.45) is 0 Å². The lowest BCUT2D eigenvalue weighted by molar-refractivity contribution is 0.340. The fourth-order valence-electron chi connectivity index (χ4n) is 1.66. The summed E-state index contributed by atoms with van der Waals surface area (Å²) in [5.41, 5.74) is 1.12. The number of rotatable bonds is 4. The van der Waals surface area contributed by atoms with Crippen LogP contribution < -0.4 is 10.1 Å². The molecule has 1 N–H and O–H groups in total. The van der Waals surface area contributed by atoms with Gasteiger partial charge in [0.25, 0.3) is 0 Å². The third-order valence-corrected chi connectivity index (χ3v) is 3.20. The van der Waals surface area contributed by atoms with Gasteiger partial charge >= 0.3 is 0 Å². The molecule has 0 bridgehead atoms. The number of hydrogen-bond acceptors (Lipinski definition) is 2. The van der Waals surface area contributed by atoms with Gasteiger partial charge in [-0.25, -0.2) is 0 Å². The van der Waals surface area contributed by atoms with Crippen molar-refractivity contribution in [1.29, 1.82) is 0 Å². The van der Waals surface area contributed by atoms with Gasteiger partial charge in [0, 0.05) is 10.5 Å². The molecule has 0 amide bonds. The molecule has 0 spiro atoms. The van der Waals surface area contributed by atoms with Crippen LogP contribution in [-0.4, -0.2) is 12.6 Å². The SMILES string of the molecule is CCOc1cc(Br)ccc1NC1CCC1. The Labute approximate surface area is 99.1 Å². The van der Waals surface area contributed by atoms with Gasteiger partial charge in [-0.05, 0) is 44.4 Å². The highest BCUT2D eigenvalue weighted by Crippen LogP contribution is 2.32. The van der Waals surface area contributed by atoms with E-state index in [1.54, 1.807) is 0 Å². The number of benzene rings is 1. The molecule has 0 atom stereocenters. The van der Waals surface area contributed by atoms with Crippen molar-refractivity contribution in [2.45, 2.75) is 32.2 Å². The number of hydrogen-bond donors (Lipinski definition) is 1. The molecule has 2 rings (SSSR count). The summed E-state index contributed by atoms with van der Waals surface area (Å²) < 4.78 is 6.66. The topological polar surface area (TPSA) is 21.3 Å². The van der Waals surface area contributed by atoms with Gasteiger partial charge < -0.3 is 10.1 Å². The Balaban J connectivity index is 2.12. The van der Waals surface area contributed by atoms with Crippen molar-refractivity contribution < 1.29 is 4.74 Å². The summed E-state index contributed by atoms with van der Waals surface area (Å²) >= 11 is 3.46. The molecule has 0 aromatic heterocycles. The predicted molar refractivity (Wildman–Crippen MR) is 66.6 cm³/mol. The molecule has 1 saturated carbocycles. The lowest BCUT2D eigenvalue weighted by Gasteiger charge is -2.28. The van der Waals surface area contributed by atoms with E-state index in [2.05, 4.69) is 27.3 Å². The molecule has 82 valence electrons. The van der Waals surface area contributed by atoms with Gasteiger partial charge in [-0.2, -0.15) is 0 Å². The van der Waals surface area contributed by atoms with E-state index in [4.69, 9.17) is 4.74 Å². The first-order chi connectivity index (χ1) is 7.29. The van der Waals surface area contributed by atoms with Crippen LogP contribution in [0.3, 0.4) is 0 Å². The summed E-state index contributed by atoms with van der Waals surface area (Å²) in [6, 6.07) is 6.78. The van der Waals surface area contributed by atoms with Gasteiger partial charge in [0.05, 0.1) is 12.3 Å². The molecule has 2 nitrogen and oxygen atoms in total. The average molecular weight is 270 g/mol. The zero-order valence-corrected chi connectivity index (χ0v) is 10.5. The van der Waals surface area contributed by atoms with Gasteiger partial charge in [-0.3, -0.25) is 0 Å². The van der Waals surface area contributed by atoms with Crippen molar-refractivity contribution in [2.75, 3.05) is 11.9 Å². The third-order valence-electron chi connectivity index (χ3n) is 2.71. The summed E-state index contributed by atoms with van der Waals surface area (Å²) in [7, 11) is 0. The number of anilines is 1. The molecule has 1 aromatic carbocycles. The molecular weight excluding hydrogens is 254 g/mol. The first kappa shape index (κ1) is 10.8. The zero-order valence-electron chi connectivity index (χ0n) is 8.92. The van der Waals surface area contributed by atoms with Crippen molar-refractivity contribution in [3.63, 3.8) is 0 Å². The number of halogens is 1. The Hall–Kier alpha value is -0.700. The van der Waals surface area contributed by atoms with E-state index in [1.165, 1.54) is 19.3 Å². The highest BCUT2D eigenvalue weighted by atomic mass is 79.9. The van der Waals surface area contributed by atoms with Crippen LogP contribution in [0.2, 0.25) is 0 Å². The summed E-state index contributed by atoms with van der Waals surface area (Å²) in [6.45, 7) is 2.71. The van der Waals surface area contributed by atoms with E-state index in [0.29, 0.717) is 12.6 Å². The fraction of sp³-hybridized carbons (Fsp3) is 0.500. The van der Waals surface area contributed by atoms with Gasteiger partial charge in [0.1, 0.15) is 5.75 Å². The van der Waals surface area contributed by atoms with Crippen LogP contribution in [0.15, 0.2) is 22.7 Å². The number of nitrogens with one attached hydrogen (secondary N) is 1. The van der Waals surface area contributed by atoms with Gasteiger partial charge in [0.15, 0.2) is 0 Å². The predicted octanol–water partition coefficient (Wildman–Crippen LogP) is 3.81. The molecule has 0 unspecified atom stereocenters. The van der Waals surface area contributed by atoms with E-state index in [-0.39, 0.29) is 0 Å². The van der Waals surface area contributed by atoms with Crippen LogP contribution in [0, 0.1) is 0 Å². The maximum absolute atomic E-state index is 5.59. The van der Waals surface area contributed by atoms with Gasteiger partial charge in [-0.1, -0.05) is 15.9 Å². The molecule has 1 aliphatic carbocycles. The molecule has 1 fully saturated rings. The van der Waals surface area contributed by atoms with Gasteiger partial charge in [-0.15, -0.1) is 0 Å². The molecule has 0 radical (unpaired) electrons. The second-order valence-corrected chi connectivity index (χ2v) is 4.76. The largest absolute Gasteiger partial charge is 0.492 e. The Morgan fingerprint density at radius 3 is 2.87 bits per heavy atom. The highest BCUT2D eigenvalue weighted by molar-refractivity contribution is 9.10. The Morgan fingerprint density at radius 2 is 2.27 bits per heavy atom. The van der Waals surface area contributed by atoms with E-state index in [0.717, 1.165) is 15.9 Å². The summed E-state index contributed by atoms with van der Waals surface area (Å²) in [6.07, 6.45) is 3.90. The Bertz CT molecular complexity index is 336. The molecular formula is C12H16BrNO. The summed E-state index contributed by atoms with van der Waals surface area (Å²) in [5.74, 6) is 0.943. The minimum atomic E-state index is 0.644. The van der Waals surface area contributed by atoms with Crippen molar-refractivity contribution >= 4 is 21.6 Å². The Morgan fingerprint density at radius 1 is 1.47 bits per heavy atom. The van der Waals surface area contributed by atoms with E-state index >= 15 is 0 Å². The highest BCUT2D eigenvalue weighted by Gasteiger charge is 2.18. The Kier molecular flexibility index (Phi) is 3.52. The first-order valence-corrected chi connectivity index (χ1v) is 6.28. The monoisotopic (exact) mass is 269 g/mol. The maximum Gasteiger partial charge on any atom is 0.143 e. The van der Waals surface area contributed by atoms with E-state index in [9.17, 15) is 0 Å². The van der Waals surface area contributed by atoms with Gasteiger partial charge in [0.2, 0.25) is 0 Å². The van der Waals surface area contributed by atoms with Crippen LogP contribution in [0.1, 0.15) is 26.2 Å². The van der Waals surface area contributed by atoms with Crippen LogP contribution in [-0.2, 0) is 0 Å². The van der Waals surface area contributed by atoms with E-state index < -0.39 is 0 Å². The normalized spacial score (nSPS) is 15.9. The second-order valence-electron chi connectivity index (χ2n) is 3.85. The lowest BCUT2D eigenvalue weighted by atomic mass is 9.93. The molecule has 3 heteroatoms. The zero-order chi connectivity index (χ0) is 10.7. The third kappa shape index (κ3) is 2.65. The minimum absolute atomic E-state index is 0.644. The quantitative estimate of drug-likeness (QED) is 0.898. The molecule has 1 aliphatic rings. The van der Waals surface area contributed by atoms with Crippen molar-refractivity contribution in [1.82, 2.24) is 0 Å². The van der Waals surface area contributed by atoms with Crippen LogP contribution in [0.4, 0.5) is 5.69 Å². The average Bonchev–Trinajstić information content (AvgIpc) is 2.14. The van der Waals surface area contributed by atoms with Crippen molar-refractivity contribution in [3.8, 4) is 5.75 Å². The smallest absolute Gasteiger partial charge is 0.143 e. The van der Waals surface area contributed by atoms with Crippen LogP contribution in [0.25, 0.3) is 0 Å². The second kappa shape index (κ2) is 4.88. The summed E-state index contributed by atoms with van der Waals surface area (Å²) in [4.78, 5) is 0. The van der Waals surface area contributed by atoms with Crippen LogP contribution >= 0.6 is 15.9 Å². The molecule has 0 heterocycles. The van der Waals surface area contributed by atoms with Crippen LogP contribution in [0.5, 0.6) is 5.75 Å². The molecule has 15 heavy (non-hydrogen) atoms. The van der Waals surface area contributed by atoms with E-state index in [1.807, 2.05) is 19.1 Å². The minimum Gasteiger partial charge on any atom is -0.492 e.